The van der Waals surface area contributed by atoms with Crippen LogP contribution in [0, 0.1) is 19.8 Å². The molecule has 1 amide bonds. The molecule has 0 atom stereocenters. The first-order chi connectivity index (χ1) is 14.6. The monoisotopic (exact) mass is 447 g/mol. The number of anilines is 2. The van der Waals surface area contributed by atoms with Gasteiger partial charge in [0.25, 0.3) is 5.56 Å². The lowest BCUT2D eigenvalue weighted by molar-refractivity contribution is -0.121. The number of carbonyl (C=O) groups is 1. The second kappa shape index (κ2) is 9.09. The molecular weight excluding hydrogens is 418 g/mol. The third kappa shape index (κ3) is 5.07. The van der Waals surface area contributed by atoms with Crippen LogP contribution in [-0.4, -0.2) is 36.7 Å². The summed E-state index contributed by atoms with van der Waals surface area (Å²) in [6.45, 7) is 3.46. The smallest absolute Gasteiger partial charge is 0.275 e. The molecule has 0 radical (unpaired) electrons. The van der Waals surface area contributed by atoms with E-state index in [0.717, 1.165) is 24.8 Å². The van der Waals surface area contributed by atoms with Crippen LogP contribution < -0.4 is 21.9 Å². The number of carbonyl (C=O) groups excluding carboxylic acids is 1. The van der Waals surface area contributed by atoms with Crippen LogP contribution in [0.1, 0.15) is 36.2 Å². The minimum atomic E-state index is -3.60. The van der Waals surface area contributed by atoms with Crippen LogP contribution in [0.2, 0.25) is 0 Å². The minimum Gasteiger partial charge on any atom is -0.384 e. The molecular formula is C21H29N5O4S. The number of rotatable bonds is 8. The van der Waals surface area contributed by atoms with Gasteiger partial charge in [0.2, 0.25) is 5.91 Å². The molecule has 0 aliphatic heterocycles. The Morgan fingerprint density at radius 2 is 2.00 bits per heavy atom. The molecule has 1 fully saturated rings. The Bertz CT molecular complexity index is 1150. The van der Waals surface area contributed by atoms with E-state index in [1.165, 1.54) is 17.7 Å². The van der Waals surface area contributed by atoms with Crippen molar-refractivity contribution in [3.8, 4) is 0 Å². The summed E-state index contributed by atoms with van der Waals surface area (Å²) < 4.78 is 27.0. The van der Waals surface area contributed by atoms with Gasteiger partial charge in [0.05, 0.1) is 10.6 Å². The van der Waals surface area contributed by atoms with Gasteiger partial charge in [-0.05, 0) is 50.3 Å². The van der Waals surface area contributed by atoms with Crippen LogP contribution in [0.4, 0.5) is 11.5 Å². The molecule has 2 aromatic heterocycles. The number of nitrogen functional groups attached to an aromatic ring is 1. The Labute approximate surface area is 182 Å². The normalized spacial score (nSPS) is 14.2. The Morgan fingerprint density at radius 3 is 2.58 bits per heavy atom. The molecule has 31 heavy (non-hydrogen) atoms. The second-order valence-electron chi connectivity index (χ2n) is 8.00. The van der Waals surface area contributed by atoms with Crippen LogP contribution in [-0.2, 0) is 27.7 Å². The highest BCUT2D eigenvalue weighted by Crippen LogP contribution is 2.31. The van der Waals surface area contributed by atoms with Gasteiger partial charge < -0.3 is 20.9 Å². The molecule has 0 aromatic carbocycles. The molecule has 2 aromatic rings. The number of hydrogen-bond donors (Lipinski definition) is 3. The molecule has 3 rings (SSSR count). The first-order valence-corrected chi connectivity index (χ1v) is 11.9. The number of nitrogens with one attached hydrogen (secondary N) is 2. The molecule has 1 saturated carbocycles. The van der Waals surface area contributed by atoms with Gasteiger partial charge in [-0.1, -0.05) is 12.5 Å². The Balaban J connectivity index is 1.79. The lowest BCUT2D eigenvalue weighted by Crippen LogP contribution is -2.35. The van der Waals surface area contributed by atoms with Crippen molar-refractivity contribution in [1.29, 1.82) is 0 Å². The Morgan fingerprint density at radius 1 is 1.29 bits per heavy atom. The van der Waals surface area contributed by atoms with Gasteiger partial charge >= 0.3 is 0 Å². The van der Waals surface area contributed by atoms with Crippen molar-refractivity contribution in [3.63, 3.8) is 0 Å². The molecule has 10 heteroatoms. The molecule has 1 aliphatic rings. The van der Waals surface area contributed by atoms with E-state index >= 15 is 0 Å². The van der Waals surface area contributed by atoms with E-state index in [1.807, 2.05) is 0 Å². The number of pyridine rings is 2. The molecule has 0 spiro atoms. The predicted molar refractivity (Wildman–Crippen MR) is 120 cm³/mol. The highest BCUT2D eigenvalue weighted by molar-refractivity contribution is 7.91. The maximum Gasteiger partial charge on any atom is 0.275 e. The van der Waals surface area contributed by atoms with Crippen molar-refractivity contribution in [2.24, 2.45) is 5.92 Å². The minimum absolute atomic E-state index is 0.00342. The van der Waals surface area contributed by atoms with Gasteiger partial charge in [-0.2, -0.15) is 0 Å². The van der Waals surface area contributed by atoms with Crippen molar-refractivity contribution in [2.75, 3.05) is 23.9 Å². The van der Waals surface area contributed by atoms with Crippen LogP contribution in [0.5, 0.6) is 0 Å². The van der Waals surface area contributed by atoms with Crippen molar-refractivity contribution < 1.29 is 13.2 Å². The number of amides is 1. The summed E-state index contributed by atoms with van der Waals surface area (Å²) in [5.41, 5.74) is 7.05. The summed E-state index contributed by atoms with van der Waals surface area (Å²) in [5, 5.41) is 5.49. The molecule has 9 nitrogen and oxygen atoms in total. The Kier molecular flexibility index (Phi) is 6.68. The van der Waals surface area contributed by atoms with Crippen molar-refractivity contribution >= 4 is 27.2 Å². The highest BCUT2D eigenvalue weighted by atomic mass is 32.2. The summed E-state index contributed by atoms with van der Waals surface area (Å²) in [7, 11) is -2.09. The van der Waals surface area contributed by atoms with E-state index in [0.29, 0.717) is 17.2 Å². The number of nitrogens with two attached hydrogens (primary N) is 1. The van der Waals surface area contributed by atoms with E-state index in [9.17, 15) is 18.0 Å². The summed E-state index contributed by atoms with van der Waals surface area (Å²) in [4.78, 5) is 29.6. The molecule has 0 saturated heterocycles. The second-order valence-corrected chi connectivity index (χ2v) is 10.0. The lowest BCUT2D eigenvalue weighted by Gasteiger charge is -2.25. The molecule has 1 aliphatic carbocycles. The first-order valence-electron chi connectivity index (χ1n) is 10.3. The number of aryl methyl sites for hydroxylation is 2. The maximum atomic E-state index is 13.0. The summed E-state index contributed by atoms with van der Waals surface area (Å²) >= 11 is 0. The fraction of sp³-hybridized carbons (Fsp3) is 0.476. The van der Waals surface area contributed by atoms with Crippen LogP contribution in [0.15, 0.2) is 27.9 Å². The van der Waals surface area contributed by atoms with Crippen molar-refractivity contribution in [2.45, 2.75) is 51.1 Å². The lowest BCUT2D eigenvalue weighted by atomic mass is 9.87. The SMILES string of the molecule is CNc1c(S(=O)(=O)CC2CCC2)cc(C)n(CC(=O)NCc2ccc(N)nc2C)c1=O. The molecule has 0 unspecified atom stereocenters. The highest BCUT2D eigenvalue weighted by Gasteiger charge is 2.29. The topological polar surface area (TPSA) is 136 Å². The van der Waals surface area contributed by atoms with Crippen LogP contribution >= 0.6 is 0 Å². The van der Waals surface area contributed by atoms with Crippen molar-refractivity contribution in [3.05, 3.63) is 45.5 Å². The zero-order chi connectivity index (χ0) is 22.8. The van der Waals surface area contributed by atoms with E-state index in [-0.39, 0.29) is 41.3 Å². The van der Waals surface area contributed by atoms with Gasteiger partial charge in [0.15, 0.2) is 9.84 Å². The average Bonchev–Trinajstić information content (AvgIpc) is 2.67. The molecule has 168 valence electrons. The van der Waals surface area contributed by atoms with Gasteiger partial charge in [0, 0.05) is 25.0 Å². The van der Waals surface area contributed by atoms with E-state index in [2.05, 4.69) is 15.6 Å². The van der Waals surface area contributed by atoms with Gasteiger partial charge in [-0.15, -0.1) is 0 Å². The van der Waals surface area contributed by atoms with Gasteiger partial charge in [0.1, 0.15) is 18.1 Å². The first kappa shape index (κ1) is 22.8. The fourth-order valence-electron chi connectivity index (χ4n) is 3.66. The maximum absolute atomic E-state index is 13.0. The number of aromatic nitrogens is 2. The Hall–Kier alpha value is -2.88. The van der Waals surface area contributed by atoms with E-state index in [1.54, 1.807) is 26.0 Å². The third-order valence-electron chi connectivity index (χ3n) is 5.73. The fourth-order valence-corrected chi connectivity index (χ4v) is 5.65. The summed E-state index contributed by atoms with van der Waals surface area (Å²) in [5.74, 6) is 0.227. The predicted octanol–water partition coefficient (Wildman–Crippen LogP) is 1.37. The largest absolute Gasteiger partial charge is 0.384 e. The van der Waals surface area contributed by atoms with Crippen LogP contribution in [0.3, 0.4) is 0 Å². The zero-order valence-electron chi connectivity index (χ0n) is 18.1. The summed E-state index contributed by atoms with van der Waals surface area (Å²) in [6, 6.07) is 4.92. The molecule has 0 bridgehead atoms. The molecule has 4 N–H and O–H groups in total. The van der Waals surface area contributed by atoms with E-state index < -0.39 is 15.4 Å². The zero-order valence-corrected chi connectivity index (χ0v) is 18.9. The number of hydrogen-bond acceptors (Lipinski definition) is 7. The third-order valence-corrected chi connectivity index (χ3v) is 7.63. The summed E-state index contributed by atoms with van der Waals surface area (Å²) in [6.07, 6.45) is 2.83. The van der Waals surface area contributed by atoms with Gasteiger partial charge in [-0.25, -0.2) is 13.4 Å². The number of sulfone groups is 1. The number of nitrogens with zero attached hydrogens (tertiary/aromatic N) is 2. The average molecular weight is 448 g/mol. The van der Waals surface area contributed by atoms with Gasteiger partial charge in [-0.3, -0.25) is 9.59 Å². The van der Waals surface area contributed by atoms with Crippen molar-refractivity contribution in [1.82, 2.24) is 14.9 Å². The van der Waals surface area contributed by atoms with Crippen LogP contribution in [0.25, 0.3) is 0 Å². The quantitative estimate of drug-likeness (QED) is 0.556. The standard InChI is InChI=1S/C21H29N5O4S/c1-13-9-17(31(29,30)12-15-5-4-6-15)20(23-3)21(28)26(13)11-19(27)24-10-16-7-8-18(22)25-14(16)2/h7-9,15,23H,4-6,10-12H2,1-3H3,(H2,22,25)(H,24,27). The van der Waals surface area contributed by atoms with E-state index in [4.69, 9.17) is 5.73 Å². The molecule has 2 heterocycles.